The second kappa shape index (κ2) is 11.5. The van der Waals surface area contributed by atoms with Crippen molar-refractivity contribution in [1.29, 1.82) is 5.26 Å². The highest BCUT2D eigenvalue weighted by Gasteiger charge is 2.32. The highest BCUT2D eigenvalue weighted by molar-refractivity contribution is 5.39. The van der Waals surface area contributed by atoms with E-state index >= 15 is 8.78 Å². The Morgan fingerprint density at radius 2 is 1.44 bits per heavy atom. The van der Waals surface area contributed by atoms with Crippen LogP contribution in [0.3, 0.4) is 0 Å². The van der Waals surface area contributed by atoms with Crippen LogP contribution < -0.4 is 0 Å². The van der Waals surface area contributed by atoms with Crippen LogP contribution >= 0.6 is 0 Å². The lowest BCUT2D eigenvalue weighted by Gasteiger charge is -2.32. The van der Waals surface area contributed by atoms with Gasteiger partial charge in [0.15, 0.2) is 0 Å². The van der Waals surface area contributed by atoms with Gasteiger partial charge in [0.25, 0.3) is 0 Å². The lowest BCUT2D eigenvalue weighted by Crippen LogP contribution is -2.21. The molecule has 36 heavy (non-hydrogen) atoms. The molecule has 3 aliphatic rings. The first-order chi connectivity index (χ1) is 17.6. The van der Waals surface area contributed by atoms with Crippen molar-refractivity contribution in [3.05, 3.63) is 69.8 Å². The average Bonchev–Trinajstić information content (AvgIpc) is 2.92. The third-order valence-corrected chi connectivity index (χ3v) is 9.93. The number of hydrogen-bond donors (Lipinski definition) is 0. The molecule has 0 saturated heterocycles. The highest BCUT2D eigenvalue weighted by atomic mass is 19.1. The summed E-state index contributed by atoms with van der Waals surface area (Å²) in [5, 5.41) is 9.03. The molecule has 1 nitrogen and oxygen atoms in total. The third kappa shape index (κ3) is 5.53. The van der Waals surface area contributed by atoms with E-state index < -0.39 is 0 Å². The largest absolute Gasteiger partial charge is 0.207 e. The standard InChI is InChI=1S/C33H41F2N/c1-2-22-3-5-23(6-4-22)7-8-24-11-18-30-29(19-24)20-31(34)32(33(30)35)28-16-14-27(15-17-28)26-12-9-25(21-36)10-13-26/h9-10,12-13,20,22-24,27-28H,2-8,11,14-19H2,1H3. The number of nitrogens with zero attached hydrogens (tertiary/aromatic N) is 1. The van der Waals surface area contributed by atoms with E-state index in [0.717, 1.165) is 67.9 Å². The van der Waals surface area contributed by atoms with E-state index in [2.05, 4.69) is 13.0 Å². The van der Waals surface area contributed by atoms with Gasteiger partial charge >= 0.3 is 0 Å². The first-order valence-electron chi connectivity index (χ1n) is 14.5. The first kappa shape index (κ1) is 25.4. The van der Waals surface area contributed by atoms with Gasteiger partial charge < -0.3 is 0 Å². The summed E-state index contributed by atoms with van der Waals surface area (Å²) in [6, 6.07) is 11.7. The van der Waals surface area contributed by atoms with Gasteiger partial charge in [-0.2, -0.15) is 5.26 Å². The predicted octanol–water partition coefficient (Wildman–Crippen LogP) is 9.38. The summed E-state index contributed by atoms with van der Waals surface area (Å²) >= 11 is 0. The van der Waals surface area contributed by atoms with Gasteiger partial charge in [0.05, 0.1) is 11.6 Å². The van der Waals surface area contributed by atoms with Crippen molar-refractivity contribution >= 4 is 0 Å². The summed E-state index contributed by atoms with van der Waals surface area (Å²) in [6.07, 6.45) is 15.5. The van der Waals surface area contributed by atoms with Gasteiger partial charge in [0, 0.05) is 5.56 Å². The van der Waals surface area contributed by atoms with Crippen molar-refractivity contribution in [2.24, 2.45) is 17.8 Å². The van der Waals surface area contributed by atoms with Gasteiger partial charge in [-0.15, -0.1) is 0 Å². The number of benzene rings is 2. The van der Waals surface area contributed by atoms with Gasteiger partial charge in [-0.1, -0.05) is 57.6 Å². The molecule has 1 atom stereocenters. The van der Waals surface area contributed by atoms with E-state index in [-0.39, 0.29) is 17.6 Å². The molecule has 0 aliphatic heterocycles. The van der Waals surface area contributed by atoms with Crippen LogP contribution in [0.1, 0.15) is 124 Å². The molecule has 2 fully saturated rings. The third-order valence-electron chi connectivity index (χ3n) is 9.93. The lowest BCUT2D eigenvalue weighted by molar-refractivity contribution is 0.240. The van der Waals surface area contributed by atoms with Crippen LogP contribution in [0.4, 0.5) is 8.78 Å². The molecule has 3 aliphatic carbocycles. The van der Waals surface area contributed by atoms with Gasteiger partial charge in [-0.3, -0.25) is 0 Å². The molecule has 0 amide bonds. The minimum Gasteiger partial charge on any atom is -0.207 e. The van der Waals surface area contributed by atoms with Crippen LogP contribution in [0.2, 0.25) is 0 Å². The molecule has 2 aromatic rings. The second-order valence-corrected chi connectivity index (χ2v) is 12.0. The first-order valence-corrected chi connectivity index (χ1v) is 14.5. The molecule has 0 N–H and O–H groups in total. The number of rotatable bonds is 6. The smallest absolute Gasteiger partial charge is 0.133 e. The molecule has 0 heterocycles. The molecule has 0 aromatic heterocycles. The van der Waals surface area contributed by atoms with E-state index in [1.165, 1.54) is 50.5 Å². The molecular formula is C33H41F2N. The average molecular weight is 490 g/mol. The Balaban J connectivity index is 1.19. The van der Waals surface area contributed by atoms with Gasteiger partial charge in [0.1, 0.15) is 11.6 Å². The highest BCUT2D eigenvalue weighted by Crippen LogP contribution is 2.44. The Labute approximate surface area is 216 Å². The predicted molar refractivity (Wildman–Crippen MR) is 142 cm³/mol. The van der Waals surface area contributed by atoms with Gasteiger partial charge in [-0.05, 0) is 116 Å². The zero-order valence-corrected chi connectivity index (χ0v) is 21.9. The van der Waals surface area contributed by atoms with E-state index in [9.17, 15) is 0 Å². The van der Waals surface area contributed by atoms with E-state index in [1.807, 2.05) is 24.3 Å². The van der Waals surface area contributed by atoms with Crippen LogP contribution in [0.5, 0.6) is 0 Å². The molecule has 1 unspecified atom stereocenters. The zero-order valence-electron chi connectivity index (χ0n) is 21.9. The second-order valence-electron chi connectivity index (χ2n) is 12.0. The normalized spacial score (nSPS) is 28.3. The maximum absolute atomic E-state index is 15.7. The zero-order chi connectivity index (χ0) is 25.1. The van der Waals surface area contributed by atoms with Crippen LogP contribution in [0, 0.1) is 40.7 Å². The van der Waals surface area contributed by atoms with E-state index in [1.54, 1.807) is 6.07 Å². The number of nitriles is 1. The van der Waals surface area contributed by atoms with Crippen LogP contribution in [-0.2, 0) is 12.8 Å². The SMILES string of the molecule is CCC1CCC(CCC2CCc3c(cc(F)c(C4CCC(c5ccc(C#N)cc5)CC4)c3F)C2)CC1. The summed E-state index contributed by atoms with van der Waals surface area (Å²) in [4.78, 5) is 0. The number of fused-ring (bicyclic) bond motifs is 1. The summed E-state index contributed by atoms with van der Waals surface area (Å²) in [7, 11) is 0. The van der Waals surface area contributed by atoms with Crippen molar-refractivity contribution in [3.8, 4) is 6.07 Å². The monoisotopic (exact) mass is 489 g/mol. The fourth-order valence-electron chi connectivity index (χ4n) is 7.51. The molecule has 2 saturated carbocycles. The fraction of sp³-hybridized carbons (Fsp3) is 0.606. The fourth-order valence-corrected chi connectivity index (χ4v) is 7.51. The Kier molecular flexibility index (Phi) is 8.09. The van der Waals surface area contributed by atoms with Crippen LogP contribution in [-0.4, -0.2) is 0 Å². The molecule has 0 bridgehead atoms. The molecule has 5 rings (SSSR count). The van der Waals surface area contributed by atoms with Gasteiger partial charge in [-0.25, -0.2) is 8.78 Å². The quantitative estimate of drug-likeness (QED) is 0.396. The number of halogens is 2. The van der Waals surface area contributed by atoms with Crippen molar-refractivity contribution in [2.45, 2.75) is 109 Å². The Morgan fingerprint density at radius 3 is 2.11 bits per heavy atom. The van der Waals surface area contributed by atoms with Crippen LogP contribution in [0.15, 0.2) is 30.3 Å². The van der Waals surface area contributed by atoms with Crippen molar-refractivity contribution < 1.29 is 8.78 Å². The minimum atomic E-state index is -0.313. The van der Waals surface area contributed by atoms with E-state index in [0.29, 0.717) is 23.0 Å². The Hall–Kier alpha value is -2.21. The molecule has 0 spiro atoms. The topological polar surface area (TPSA) is 23.8 Å². The molecular weight excluding hydrogens is 448 g/mol. The van der Waals surface area contributed by atoms with Crippen molar-refractivity contribution in [3.63, 3.8) is 0 Å². The summed E-state index contributed by atoms with van der Waals surface area (Å²) in [5.41, 5.74) is 4.01. The maximum atomic E-state index is 15.7. The Morgan fingerprint density at radius 1 is 0.806 bits per heavy atom. The van der Waals surface area contributed by atoms with Crippen molar-refractivity contribution in [2.75, 3.05) is 0 Å². The summed E-state index contributed by atoms with van der Waals surface area (Å²) in [6.45, 7) is 2.32. The summed E-state index contributed by atoms with van der Waals surface area (Å²) in [5.74, 6) is 2.22. The van der Waals surface area contributed by atoms with Crippen LogP contribution in [0.25, 0.3) is 0 Å². The van der Waals surface area contributed by atoms with Gasteiger partial charge in [0.2, 0.25) is 0 Å². The molecule has 0 radical (unpaired) electrons. The lowest BCUT2D eigenvalue weighted by atomic mass is 9.73. The Bertz CT molecular complexity index is 1070. The minimum absolute atomic E-state index is 0.0269. The molecule has 192 valence electrons. The molecule has 2 aromatic carbocycles. The molecule has 3 heteroatoms. The van der Waals surface area contributed by atoms with E-state index in [4.69, 9.17) is 5.26 Å². The maximum Gasteiger partial charge on any atom is 0.133 e. The van der Waals surface area contributed by atoms with Crippen molar-refractivity contribution in [1.82, 2.24) is 0 Å². The summed E-state index contributed by atoms with van der Waals surface area (Å²) < 4.78 is 31.0. The number of hydrogen-bond acceptors (Lipinski definition) is 1.